The second-order valence-corrected chi connectivity index (χ2v) is 6.13. The molecule has 0 bridgehead atoms. The van der Waals surface area contributed by atoms with E-state index in [-0.39, 0.29) is 5.91 Å². The number of amides is 1. The van der Waals surface area contributed by atoms with Crippen molar-refractivity contribution in [3.63, 3.8) is 0 Å². The van der Waals surface area contributed by atoms with Crippen LogP contribution in [0, 0.1) is 13.8 Å². The van der Waals surface area contributed by atoms with Gasteiger partial charge in [0.2, 0.25) is 5.91 Å². The maximum Gasteiger partial charge on any atom is 0.236 e. The molecule has 0 fully saturated rings. The van der Waals surface area contributed by atoms with E-state index < -0.39 is 0 Å². The van der Waals surface area contributed by atoms with Gasteiger partial charge >= 0.3 is 0 Å². The van der Waals surface area contributed by atoms with Crippen LogP contribution in [-0.2, 0) is 4.79 Å². The SMILES string of the molecule is COc1cc(/C=N/NC(C)=O)ccc1OCCCOc1ccc(C)c(C)c1. The Labute approximate surface area is 160 Å². The van der Waals surface area contributed by atoms with E-state index >= 15 is 0 Å². The molecule has 2 aromatic rings. The number of nitrogens with one attached hydrogen (secondary N) is 1. The normalized spacial score (nSPS) is 10.7. The van der Waals surface area contributed by atoms with Crippen LogP contribution in [0.1, 0.15) is 30.0 Å². The highest BCUT2D eigenvalue weighted by Crippen LogP contribution is 2.27. The third-order valence-electron chi connectivity index (χ3n) is 3.92. The first-order chi connectivity index (χ1) is 13.0. The zero-order chi connectivity index (χ0) is 19.6. The second-order valence-electron chi connectivity index (χ2n) is 6.13. The van der Waals surface area contributed by atoms with Gasteiger partial charge in [0.15, 0.2) is 11.5 Å². The predicted molar refractivity (Wildman–Crippen MR) is 106 cm³/mol. The molecule has 0 saturated carbocycles. The summed E-state index contributed by atoms with van der Waals surface area (Å²) < 4.78 is 16.9. The Balaban J connectivity index is 1.81. The Kier molecular flexibility index (Phi) is 7.67. The van der Waals surface area contributed by atoms with Crippen LogP contribution < -0.4 is 19.6 Å². The Hall–Kier alpha value is -3.02. The summed E-state index contributed by atoms with van der Waals surface area (Å²) in [5, 5.41) is 3.84. The number of carbonyl (C=O) groups excluding carboxylic acids is 1. The molecule has 0 atom stereocenters. The van der Waals surface area contributed by atoms with E-state index in [2.05, 4.69) is 30.4 Å². The maximum atomic E-state index is 10.8. The Morgan fingerprint density at radius 2 is 1.81 bits per heavy atom. The Morgan fingerprint density at radius 1 is 1.04 bits per heavy atom. The van der Waals surface area contributed by atoms with Crippen molar-refractivity contribution < 1.29 is 19.0 Å². The van der Waals surface area contributed by atoms with Gasteiger partial charge in [0, 0.05) is 13.3 Å². The lowest BCUT2D eigenvalue weighted by Gasteiger charge is -2.12. The third-order valence-corrected chi connectivity index (χ3v) is 3.92. The minimum atomic E-state index is -0.221. The Morgan fingerprint density at radius 3 is 2.52 bits per heavy atom. The maximum absolute atomic E-state index is 10.8. The van der Waals surface area contributed by atoms with Crippen molar-refractivity contribution in [3.05, 3.63) is 53.1 Å². The Bertz CT molecular complexity index is 803. The van der Waals surface area contributed by atoms with Crippen LogP contribution in [0.5, 0.6) is 17.2 Å². The van der Waals surface area contributed by atoms with Crippen LogP contribution in [0.3, 0.4) is 0 Å². The molecule has 0 radical (unpaired) electrons. The summed E-state index contributed by atoms with van der Waals surface area (Å²) in [6, 6.07) is 11.5. The van der Waals surface area contributed by atoms with Crippen molar-refractivity contribution in [3.8, 4) is 17.2 Å². The molecule has 0 aliphatic heterocycles. The topological polar surface area (TPSA) is 69.2 Å². The standard InChI is InChI=1S/C21H26N2O4/c1-15-6-8-19(12-16(15)2)26-10-5-11-27-20-9-7-18(13-21(20)25-4)14-22-23-17(3)24/h6-9,12-14H,5,10-11H2,1-4H3,(H,23,24)/b22-14+. The van der Waals surface area contributed by atoms with E-state index in [1.165, 1.54) is 18.1 Å². The lowest BCUT2D eigenvalue weighted by molar-refractivity contribution is -0.118. The van der Waals surface area contributed by atoms with Gasteiger partial charge in [-0.25, -0.2) is 5.43 Å². The number of benzene rings is 2. The van der Waals surface area contributed by atoms with Crippen molar-refractivity contribution in [2.45, 2.75) is 27.2 Å². The van der Waals surface area contributed by atoms with E-state index in [0.717, 1.165) is 17.7 Å². The third kappa shape index (κ3) is 6.66. The molecule has 6 heteroatoms. The monoisotopic (exact) mass is 370 g/mol. The first kappa shape index (κ1) is 20.3. The van der Waals surface area contributed by atoms with Crippen LogP contribution in [0.15, 0.2) is 41.5 Å². The fourth-order valence-corrected chi connectivity index (χ4v) is 2.32. The van der Waals surface area contributed by atoms with Gasteiger partial charge in [-0.05, 0) is 60.9 Å². The summed E-state index contributed by atoms with van der Waals surface area (Å²) >= 11 is 0. The van der Waals surface area contributed by atoms with Crippen molar-refractivity contribution in [1.29, 1.82) is 0 Å². The molecule has 27 heavy (non-hydrogen) atoms. The van der Waals surface area contributed by atoms with Crippen LogP contribution in [-0.4, -0.2) is 32.4 Å². The van der Waals surface area contributed by atoms with E-state index in [1.807, 2.05) is 24.3 Å². The summed E-state index contributed by atoms with van der Waals surface area (Å²) in [6.07, 6.45) is 2.30. The minimum absolute atomic E-state index is 0.221. The van der Waals surface area contributed by atoms with E-state index in [0.29, 0.717) is 24.7 Å². The molecule has 0 aromatic heterocycles. The first-order valence-corrected chi connectivity index (χ1v) is 8.80. The fourth-order valence-electron chi connectivity index (χ4n) is 2.32. The molecule has 144 valence electrons. The highest BCUT2D eigenvalue weighted by molar-refractivity contribution is 5.82. The molecular formula is C21H26N2O4. The van der Waals surface area contributed by atoms with Gasteiger partial charge in [-0.15, -0.1) is 0 Å². The summed E-state index contributed by atoms with van der Waals surface area (Å²) in [7, 11) is 1.58. The number of nitrogens with zero attached hydrogens (tertiary/aromatic N) is 1. The van der Waals surface area contributed by atoms with Crippen molar-refractivity contribution in [2.24, 2.45) is 5.10 Å². The first-order valence-electron chi connectivity index (χ1n) is 8.80. The van der Waals surface area contributed by atoms with Crippen molar-refractivity contribution in [1.82, 2.24) is 5.43 Å². The van der Waals surface area contributed by atoms with Crippen LogP contribution in [0.2, 0.25) is 0 Å². The van der Waals surface area contributed by atoms with Gasteiger partial charge in [0.1, 0.15) is 5.75 Å². The summed E-state index contributed by atoms with van der Waals surface area (Å²) in [4.78, 5) is 10.8. The van der Waals surface area contributed by atoms with Crippen LogP contribution in [0.4, 0.5) is 0 Å². The van der Waals surface area contributed by atoms with E-state index in [4.69, 9.17) is 14.2 Å². The van der Waals surface area contributed by atoms with Gasteiger partial charge in [-0.3, -0.25) is 4.79 Å². The van der Waals surface area contributed by atoms with Crippen LogP contribution in [0.25, 0.3) is 0 Å². The highest BCUT2D eigenvalue weighted by atomic mass is 16.5. The average Bonchev–Trinajstić information content (AvgIpc) is 2.64. The zero-order valence-electron chi connectivity index (χ0n) is 16.2. The summed E-state index contributed by atoms with van der Waals surface area (Å²) in [5.74, 6) is 1.91. The molecular weight excluding hydrogens is 344 g/mol. The lowest BCUT2D eigenvalue weighted by Crippen LogP contribution is -2.12. The largest absolute Gasteiger partial charge is 0.493 e. The van der Waals surface area contributed by atoms with Gasteiger partial charge in [-0.1, -0.05) is 6.07 Å². The summed E-state index contributed by atoms with van der Waals surface area (Å²) in [5.41, 5.74) is 5.63. The molecule has 0 saturated heterocycles. The molecule has 2 aromatic carbocycles. The second kappa shape index (κ2) is 10.2. The number of hydrogen-bond acceptors (Lipinski definition) is 5. The molecule has 2 rings (SSSR count). The molecule has 0 aliphatic rings. The van der Waals surface area contributed by atoms with Gasteiger partial charge < -0.3 is 14.2 Å². The fraction of sp³-hybridized carbons (Fsp3) is 0.333. The number of rotatable bonds is 9. The smallest absolute Gasteiger partial charge is 0.236 e. The molecule has 1 amide bonds. The summed E-state index contributed by atoms with van der Waals surface area (Å²) in [6.45, 7) is 6.64. The predicted octanol–water partition coefficient (Wildman–Crippen LogP) is 3.63. The van der Waals surface area contributed by atoms with Crippen molar-refractivity contribution in [2.75, 3.05) is 20.3 Å². The van der Waals surface area contributed by atoms with Gasteiger partial charge in [-0.2, -0.15) is 5.10 Å². The van der Waals surface area contributed by atoms with Crippen molar-refractivity contribution >= 4 is 12.1 Å². The zero-order valence-corrected chi connectivity index (χ0v) is 16.2. The molecule has 6 nitrogen and oxygen atoms in total. The van der Waals surface area contributed by atoms with Crippen LogP contribution >= 0.6 is 0 Å². The highest BCUT2D eigenvalue weighted by Gasteiger charge is 2.05. The molecule has 1 N–H and O–H groups in total. The lowest BCUT2D eigenvalue weighted by atomic mass is 10.1. The van der Waals surface area contributed by atoms with E-state index in [9.17, 15) is 4.79 Å². The van der Waals surface area contributed by atoms with Gasteiger partial charge in [0.05, 0.1) is 26.5 Å². The molecule has 0 unspecified atom stereocenters. The number of hydrazone groups is 1. The number of methoxy groups -OCH3 is 1. The van der Waals surface area contributed by atoms with E-state index in [1.54, 1.807) is 19.4 Å². The molecule has 0 heterocycles. The molecule has 0 aliphatic carbocycles. The average molecular weight is 370 g/mol. The van der Waals surface area contributed by atoms with Gasteiger partial charge in [0.25, 0.3) is 0 Å². The molecule has 0 spiro atoms. The number of hydrogen-bond donors (Lipinski definition) is 1. The number of carbonyl (C=O) groups is 1. The quantitative estimate of drug-likeness (QED) is 0.416. The minimum Gasteiger partial charge on any atom is -0.493 e. The number of aryl methyl sites for hydroxylation is 2. The number of ether oxygens (including phenoxy) is 3.